The summed E-state index contributed by atoms with van der Waals surface area (Å²) in [6, 6.07) is 4.78. The molecule has 0 radical (unpaired) electrons. The van der Waals surface area contributed by atoms with Crippen LogP contribution in [0.1, 0.15) is 11.6 Å². The van der Waals surface area contributed by atoms with Crippen molar-refractivity contribution in [3.8, 4) is 0 Å². The minimum atomic E-state index is -0.906. The van der Waals surface area contributed by atoms with Gasteiger partial charge < -0.3 is 5.32 Å². The molecule has 0 aliphatic rings. The van der Waals surface area contributed by atoms with Crippen LogP contribution in [0.25, 0.3) is 0 Å². The molecular formula is C13H13F2N3O. The number of hydrogen-bond acceptors (Lipinski definition) is 3. The van der Waals surface area contributed by atoms with Crippen LogP contribution in [0, 0.1) is 11.6 Å². The van der Waals surface area contributed by atoms with E-state index in [4.69, 9.17) is 0 Å². The van der Waals surface area contributed by atoms with Gasteiger partial charge in [-0.25, -0.2) is 13.8 Å². The van der Waals surface area contributed by atoms with Crippen LogP contribution in [0.2, 0.25) is 0 Å². The largest absolute Gasteiger partial charge is 0.311 e. The van der Waals surface area contributed by atoms with Crippen molar-refractivity contribution in [3.05, 3.63) is 64.3 Å². The van der Waals surface area contributed by atoms with Crippen molar-refractivity contribution in [2.45, 2.75) is 12.6 Å². The monoisotopic (exact) mass is 265 g/mol. The van der Waals surface area contributed by atoms with Crippen LogP contribution in [0.4, 0.5) is 8.78 Å². The van der Waals surface area contributed by atoms with Gasteiger partial charge in [0.25, 0.3) is 5.56 Å². The number of aromatic nitrogens is 2. The lowest BCUT2D eigenvalue weighted by molar-refractivity contribution is 0.440. The normalized spacial score (nSPS) is 12.4. The summed E-state index contributed by atoms with van der Waals surface area (Å²) in [6.45, 7) is 0.170. The summed E-state index contributed by atoms with van der Waals surface area (Å²) < 4.78 is 28.3. The fourth-order valence-electron chi connectivity index (χ4n) is 1.85. The van der Waals surface area contributed by atoms with Gasteiger partial charge in [0.15, 0.2) is 11.6 Å². The van der Waals surface area contributed by atoms with E-state index in [9.17, 15) is 13.6 Å². The first kappa shape index (κ1) is 13.4. The maximum atomic E-state index is 13.7. The zero-order chi connectivity index (χ0) is 13.8. The SMILES string of the molecule is CNC(Cn1cnccc1=O)c1cccc(F)c1F. The van der Waals surface area contributed by atoms with Crippen LogP contribution >= 0.6 is 0 Å². The summed E-state index contributed by atoms with van der Waals surface area (Å²) in [7, 11) is 1.62. The molecule has 0 aliphatic carbocycles. The Labute approximate surface area is 108 Å². The molecule has 4 nitrogen and oxygen atoms in total. The molecule has 1 N–H and O–H groups in total. The lowest BCUT2D eigenvalue weighted by Gasteiger charge is -2.18. The fourth-order valence-corrected chi connectivity index (χ4v) is 1.85. The highest BCUT2D eigenvalue weighted by molar-refractivity contribution is 5.22. The number of likely N-dealkylation sites (N-methyl/N-ethyl adjacent to an activating group) is 1. The number of nitrogens with one attached hydrogen (secondary N) is 1. The van der Waals surface area contributed by atoms with E-state index >= 15 is 0 Å². The van der Waals surface area contributed by atoms with Crippen molar-refractivity contribution >= 4 is 0 Å². The third-order valence-corrected chi connectivity index (χ3v) is 2.88. The summed E-state index contributed by atoms with van der Waals surface area (Å²) in [6.07, 6.45) is 2.75. The van der Waals surface area contributed by atoms with Crippen molar-refractivity contribution in [1.29, 1.82) is 0 Å². The Hall–Kier alpha value is -2.08. The third-order valence-electron chi connectivity index (χ3n) is 2.88. The molecule has 0 amide bonds. The maximum Gasteiger partial charge on any atom is 0.253 e. The van der Waals surface area contributed by atoms with Gasteiger partial charge in [-0.1, -0.05) is 12.1 Å². The van der Waals surface area contributed by atoms with E-state index in [1.807, 2.05) is 0 Å². The molecule has 1 aromatic carbocycles. The summed E-state index contributed by atoms with van der Waals surface area (Å²) in [5.41, 5.74) is -0.0645. The van der Waals surface area contributed by atoms with E-state index in [0.717, 1.165) is 6.07 Å². The zero-order valence-electron chi connectivity index (χ0n) is 10.3. The Balaban J connectivity index is 2.33. The predicted molar refractivity (Wildman–Crippen MR) is 66.7 cm³/mol. The van der Waals surface area contributed by atoms with Gasteiger partial charge in [0.2, 0.25) is 0 Å². The molecule has 1 heterocycles. The first-order valence-corrected chi connectivity index (χ1v) is 5.75. The lowest BCUT2D eigenvalue weighted by atomic mass is 10.1. The molecule has 0 saturated heterocycles. The van der Waals surface area contributed by atoms with Crippen molar-refractivity contribution in [2.24, 2.45) is 0 Å². The van der Waals surface area contributed by atoms with Crippen LogP contribution < -0.4 is 10.9 Å². The molecule has 1 unspecified atom stereocenters. The smallest absolute Gasteiger partial charge is 0.253 e. The quantitative estimate of drug-likeness (QED) is 0.911. The van der Waals surface area contributed by atoms with E-state index in [-0.39, 0.29) is 17.7 Å². The number of benzene rings is 1. The second-order valence-electron chi connectivity index (χ2n) is 4.06. The molecule has 19 heavy (non-hydrogen) atoms. The van der Waals surface area contributed by atoms with E-state index in [1.165, 1.54) is 35.3 Å². The molecule has 2 aromatic rings. The number of rotatable bonds is 4. The first-order valence-electron chi connectivity index (χ1n) is 5.75. The number of halogens is 2. The predicted octanol–water partition coefficient (Wildman–Crippen LogP) is 1.48. The molecule has 1 atom stereocenters. The molecule has 0 saturated carbocycles. The molecule has 2 rings (SSSR count). The highest BCUT2D eigenvalue weighted by Crippen LogP contribution is 2.20. The minimum Gasteiger partial charge on any atom is -0.311 e. The van der Waals surface area contributed by atoms with Crippen molar-refractivity contribution < 1.29 is 8.78 Å². The van der Waals surface area contributed by atoms with Crippen LogP contribution in [0.15, 0.2) is 41.6 Å². The average Bonchev–Trinajstić information content (AvgIpc) is 2.41. The van der Waals surface area contributed by atoms with Gasteiger partial charge in [-0.05, 0) is 13.1 Å². The topological polar surface area (TPSA) is 46.9 Å². The van der Waals surface area contributed by atoms with Crippen LogP contribution in [0.5, 0.6) is 0 Å². The summed E-state index contributed by atoms with van der Waals surface area (Å²) in [4.78, 5) is 15.4. The first-order chi connectivity index (χ1) is 9.13. The lowest BCUT2D eigenvalue weighted by Crippen LogP contribution is -2.29. The minimum absolute atomic E-state index is 0.170. The molecule has 0 spiro atoms. The Morgan fingerprint density at radius 2 is 2.16 bits per heavy atom. The Morgan fingerprint density at radius 1 is 1.37 bits per heavy atom. The molecular weight excluding hydrogens is 252 g/mol. The molecule has 0 aliphatic heterocycles. The average molecular weight is 265 g/mol. The third kappa shape index (κ3) is 2.85. The van der Waals surface area contributed by atoms with E-state index < -0.39 is 17.7 Å². The van der Waals surface area contributed by atoms with Crippen molar-refractivity contribution in [3.63, 3.8) is 0 Å². The number of hydrogen-bond donors (Lipinski definition) is 1. The highest BCUT2D eigenvalue weighted by Gasteiger charge is 2.17. The van der Waals surface area contributed by atoms with E-state index in [1.54, 1.807) is 7.05 Å². The van der Waals surface area contributed by atoms with Gasteiger partial charge in [-0.2, -0.15) is 0 Å². The van der Waals surface area contributed by atoms with Gasteiger partial charge in [-0.3, -0.25) is 9.36 Å². The summed E-state index contributed by atoms with van der Waals surface area (Å²) in [5.74, 6) is -1.81. The molecule has 1 aromatic heterocycles. The molecule has 100 valence electrons. The van der Waals surface area contributed by atoms with Crippen LogP contribution in [-0.4, -0.2) is 16.6 Å². The Bertz CT molecular complexity index is 627. The maximum absolute atomic E-state index is 13.7. The second kappa shape index (κ2) is 5.71. The van der Waals surface area contributed by atoms with E-state index in [2.05, 4.69) is 10.3 Å². The molecule has 6 heteroatoms. The fraction of sp³-hybridized carbons (Fsp3) is 0.231. The van der Waals surface area contributed by atoms with Gasteiger partial charge in [0.1, 0.15) is 0 Å². The van der Waals surface area contributed by atoms with Crippen molar-refractivity contribution in [2.75, 3.05) is 7.05 Å². The summed E-state index contributed by atoms with van der Waals surface area (Å²) in [5, 5.41) is 2.87. The van der Waals surface area contributed by atoms with E-state index in [0.29, 0.717) is 0 Å². The zero-order valence-corrected chi connectivity index (χ0v) is 10.3. The number of nitrogens with zero attached hydrogens (tertiary/aromatic N) is 2. The van der Waals surface area contributed by atoms with Gasteiger partial charge in [0.05, 0.1) is 12.4 Å². The van der Waals surface area contributed by atoms with Crippen molar-refractivity contribution in [1.82, 2.24) is 14.9 Å². The van der Waals surface area contributed by atoms with Crippen LogP contribution in [-0.2, 0) is 6.54 Å². The second-order valence-corrected chi connectivity index (χ2v) is 4.06. The van der Waals surface area contributed by atoms with Gasteiger partial charge in [-0.15, -0.1) is 0 Å². The van der Waals surface area contributed by atoms with Gasteiger partial charge >= 0.3 is 0 Å². The highest BCUT2D eigenvalue weighted by atomic mass is 19.2. The van der Waals surface area contributed by atoms with Crippen LogP contribution in [0.3, 0.4) is 0 Å². The van der Waals surface area contributed by atoms with Gasteiger partial charge in [0, 0.05) is 24.4 Å². The summed E-state index contributed by atoms with van der Waals surface area (Å²) >= 11 is 0. The molecule has 0 fully saturated rings. The standard InChI is InChI=1S/C13H13F2N3O/c1-16-11(7-18-8-17-6-5-12(18)19)9-3-2-4-10(14)13(9)15/h2-6,8,11,16H,7H2,1H3. The Kier molecular flexibility index (Phi) is 4.01. The Morgan fingerprint density at radius 3 is 2.84 bits per heavy atom. The molecule has 0 bridgehead atoms.